The van der Waals surface area contributed by atoms with Crippen molar-refractivity contribution in [2.75, 3.05) is 56.5 Å². The van der Waals surface area contributed by atoms with Crippen LogP contribution in [0.2, 0.25) is 0 Å². The summed E-state index contributed by atoms with van der Waals surface area (Å²) in [6.45, 7) is 7.05. The average molecular weight is 344 g/mol. The van der Waals surface area contributed by atoms with Crippen LogP contribution in [0.25, 0.3) is 0 Å². The summed E-state index contributed by atoms with van der Waals surface area (Å²) < 4.78 is 0. The number of rotatable bonds is 4. The Labute approximate surface area is 149 Å². The molecule has 2 heterocycles. The van der Waals surface area contributed by atoms with E-state index in [1.165, 1.54) is 5.69 Å². The number of piperidine rings is 1. The van der Waals surface area contributed by atoms with Gasteiger partial charge in [0.25, 0.3) is 0 Å². The number of likely N-dealkylation sites (N-methyl/N-ethyl adjacent to an activating group) is 1. The summed E-state index contributed by atoms with van der Waals surface area (Å²) in [6, 6.07) is 6.17. The fourth-order valence-electron chi connectivity index (χ4n) is 3.44. The maximum absolute atomic E-state index is 12.3. The predicted octanol–water partition coefficient (Wildman–Crippen LogP) is 1.70. The molecule has 2 fully saturated rings. The number of piperazine rings is 1. The summed E-state index contributed by atoms with van der Waals surface area (Å²) in [5.41, 5.74) is 3.08. The zero-order valence-corrected chi connectivity index (χ0v) is 15.3. The van der Waals surface area contributed by atoms with Crippen molar-refractivity contribution >= 4 is 23.2 Å². The zero-order chi connectivity index (χ0) is 17.8. The van der Waals surface area contributed by atoms with Gasteiger partial charge in [0.1, 0.15) is 0 Å². The first-order chi connectivity index (χ1) is 12.0. The topological polar surface area (TPSA) is 55.9 Å². The minimum Gasteiger partial charge on any atom is -0.369 e. The van der Waals surface area contributed by atoms with E-state index in [1.54, 1.807) is 4.90 Å². The number of nitrogens with zero attached hydrogens (tertiary/aromatic N) is 3. The van der Waals surface area contributed by atoms with Crippen molar-refractivity contribution in [1.29, 1.82) is 0 Å². The van der Waals surface area contributed by atoms with Crippen LogP contribution < -0.4 is 10.2 Å². The quantitative estimate of drug-likeness (QED) is 0.903. The second-order valence-corrected chi connectivity index (χ2v) is 7.11. The fraction of sp³-hybridized carbons (Fsp3) is 0.579. The third-order valence-electron chi connectivity index (χ3n) is 5.11. The van der Waals surface area contributed by atoms with Crippen molar-refractivity contribution in [3.8, 4) is 0 Å². The van der Waals surface area contributed by atoms with Gasteiger partial charge in [-0.25, -0.2) is 0 Å². The van der Waals surface area contributed by atoms with Crippen molar-refractivity contribution in [3.63, 3.8) is 0 Å². The number of carbonyl (C=O) groups is 2. The Morgan fingerprint density at radius 1 is 1.12 bits per heavy atom. The Balaban J connectivity index is 1.59. The minimum absolute atomic E-state index is 0.0866. The number of amides is 2. The molecule has 2 saturated heterocycles. The van der Waals surface area contributed by atoms with Gasteiger partial charge >= 0.3 is 0 Å². The Morgan fingerprint density at radius 2 is 1.88 bits per heavy atom. The number of benzene rings is 1. The van der Waals surface area contributed by atoms with Crippen LogP contribution >= 0.6 is 0 Å². The predicted molar refractivity (Wildman–Crippen MR) is 99.9 cm³/mol. The molecule has 0 atom stereocenters. The van der Waals surface area contributed by atoms with Crippen LogP contribution in [0.5, 0.6) is 0 Å². The van der Waals surface area contributed by atoms with Gasteiger partial charge in [-0.15, -0.1) is 0 Å². The van der Waals surface area contributed by atoms with Gasteiger partial charge in [-0.2, -0.15) is 0 Å². The van der Waals surface area contributed by atoms with Crippen LogP contribution in [0.15, 0.2) is 18.2 Å². The van der Waals surface area contributed by atoms with E-state index in [0.717, 1.165) is 50.3 Å². The van der Waals surface area contributed by atoms with Crippen LogP contribution in [-0.2, 0) is 9.59 Å². The van der Waals surface area contributed by atoms with Gasteiger partial charge in [0.05, 0.1) is 6.54 Å². The number of hydrogen-bond donors (Lipinski definition) is 1. The van der Waals surface area contributed by atoms with Gasteiger partial charge in [0.15, 0.2) is 0 Å². The number of carbonyl (C=O) groups excluding carboxylic acids is 2. The van der Waals surface area contributed by atoms with Gasteiger partial charge in [-0.3, -0.25) is 9.59 Å². The third kappa shape index (κ3) is 4.51. The van der Waals surface area contributed by atoms with E-state index in [0.29, 0.717) is 13.0 Å². The minimum atomic E-state index is -0.120. The van der Waals surface area contributed by atoms with Crippen LogP contribution in [0.1, 0.15) is 24.8 Å². The normalized spacial score (nSPS) is 19.2. The van der Waals surface area contributed by atoms with Gasteiger partial charge in [0.2, 0.25) is 11.8 Å². The number of aryl methyl sites for hydroxylation is 1. The SMILES string of the molecule is Cc1cc(N2CCN(C)CC2)ccc1NC(=O)CN1CCCCC1=O. The van der Waals surface area contributed by atoms with E-state index in [2.05, 4.69) is 34.3 Å². The summed E-state index contributed by atoms with van der Waals surface area (Å²) in [4.78, 5) is 30.5. The molecule has 0 aromatic heterocycles. The summed E-state index contributed by atoms with van der Waals surface area (Å²) in [6.07, 6.45) is 2.48. The molecular formula is C19H28N4O2. The molecule has 1 aromatic carbocycles. The van der Waals surface area contributed by atoms with Crippen molar-refractivity contribution in [2.45, 2.75) is 26.2 Å². The van der Waals surface area contributed by atoms with E-state index >= 15 is 0 Å². The average Bonchev–Trinajstić information content (AvgIpc) is 2.59. The largest absolute Gasteiger partial charge is 0.369 e. The van der Waals surface area contributed by atoms with Crippen LogP contribution in [-0.4, -0.2) is 67.9 Å². The smallest absolute Gasteiger partial charge is 0.244 e. The van der Waals surface area contributed by atoms with Crippen molar-refractivity contribution < 1.29 is 9.59 Å². The maximum Gasteiger partial charge on any atom is 0.244 e. The molecule has 6 nitrogen and oxygen atoms in total. The molecule has 3 rings (SSSR count). The molecule has 0 bridgehead atoms. The second-order valence-electron chi connectivity index (χ2n) is 7.11. The van der Waals surface area contributed by atoms with E-state index in [-0.39, 0.29) is 18.4 Å². The Hall–Kier alpha value is -2.08. The van der Waals surface area contributed by atoms with E-state index in [9.17, 15) is 9.59 Å². The summed E-state index contributed by atoms with van der Waals surface area (Å²) in [5, 5.41) is 2.96. The summed E-state index contributed by atoms with van der Waals surface area (Å²) >= 11 is 0. The van der Waals surface area contributed by atoms with Crippen molar-refractivity contribution in [2.24, 2.45) is 0 Å². The molecule has 0 aliphatic carbocycles. The van der Waals surface area contributed by atoms with Crippen molar-refractivity contribution in [3.05, 3.63) is 23.8 Å². The number of nitrogens with one attached hydrogen (secondary N) is 1. The molecule has 0 spiro atoms. The number of likely N-dealkylation sites (tertiary alicyclic amines) is 1. The van der Waals surface area contributed by atoms with Crippen LogP contribution in [0.3, 0.4) is 0 Å². The maximum atomic E-state index is 12.3. The third-order valence-corrected chi connectivity index (χ3v) is 5.11. The zero-order valence-electron chi connectivity index (χ0n) is 15.3. The molecule has 0 unspecified atom stereocenters. The molecule has 1 N–H and O–H groups in total. The Bertz CT molecular complexity index is 638. The molecule has 2 amide bonds. The van der Waals surface area contributed by atoms with E-state index in [4.69, 9.17) is 0 Å². The van der Waals surface area contributed by atoms with E-state index < -0.39 is 0 Å². The van der Waals surface area contributed by atoms with Gasteiger partial charge in [-0.1, -0.05) is 0 Å². The summed E-state index contributed by atoms with van der Waals surface area (Å²) in [5.74, 6) is -0.0331. The lowest BCUT2D eigenvalue weighted by molar-refractivity contribution is -0.136. The molecule has 1 aromatic rings. The second kappa shape index (κ2) is 7.87. The molecule has 0 saturated carbocycles. The first kappa shape index (κ1) is 17.7. The van der Waals surface area contributed by atoms with Gasteiger partial charge < -0.3 is 20.0 Å². The highest BCUT2D eigenvalue weighted by Gasteiger charge is 2.21. The first-order valence-electron chi connectivity index (χ1n) is 9.15. The monoisotopic (exact) mass is 344 g/mol. The van der Waals surface area contributed by atoms with Crippen LogP contribution in [0, 0.1) is 6.92 Å². The molecule has 2 aliphatic rings. The molecule has 136 valence electrons. The molecule has 25 heavy (non-hydrogen) atoms. The van der Waals surface area contributed by atoms with E-state index in [1.807, 2.05) is 13.0 Å². The molecule has 0 radical (unpaired) electrons. The number of anilines is 2. The molecular weight excluding hydrogens is 316 g/mol. The van der Waals surface area contributed by atoms with Crippen LogP contribution in [0.4, 0.5) is 11.4 Å². The van der Waals surface area contributed by atoms with Gasteiger partial charge in [-0.05, 0) is 50.6 Å². The summed E-state index contributed by atoms with van der Waals surface area (Å²) in [7, 11) is 2.15. The standard InChI is InChI=1S/C19H28N4O2/c1-15-13-16(22-11-9-21(2)10-12-22)6-7-17(15)20-18(24)14-23-8-4-3-5-19(23)25/h6-7,13H,3-5,8-12,14H2,1-2H3,(H,20,24). The Morgan fingerprint density at radius 3 is 2.56 bits per heavy atom. The highest BCUT2D eigenvalue weighted by Crippen LogP contribution is 2.23. The molecule has 2 aliphatic heterocycles. The van der Waals surface area contributed by atoms with Crippen molar-refractivity contribution in [1.82, 2.24) is 9.80 Å². The fourth-order valence-corrected chi connectivity index (χ4v) is 3.44. The van der Waals surface area contributed by atoms with Gasteiger partial charge in [0, 0.05) is 50.5 Å². The highest BCUT2D eigenvalue weighted by molar-refractivity contribution is 5.95. The first-order valence-corrected chi connectivity index (χ1v) is 9.15. The number of hydrogen-bond acceptors (Lipinski definition) is 4. The lowest BCUT2D eigenvalue weighted by atomic mass is 10.1. The highest BCUT2D eigenvalue weighted by atomic mass is 16.2. The Kier molecular flexibility index (Phi) is 5.58. The lowest BCUT2D eigenvalue weighted by Gasteiger charge is -2.34. The molecule has 6 heteroatoms. The lowest BCUT2D eigenvalue weighted by Crippen LogP contribution is -2.44.